The topological polar surface area (TPSA) is 119 Å². The van der Waals surface area contributed by atoms with E-state index >= 15 is 0 Å². The Labute approximate surface area is 116 Å². The molecule has 0 heterocycles. The van der Waals surface area contributed by atoms with E-state index in [1.54, 1.807) is 0 Å². The molecule has 0 aliphatic heterocycles. The molecule has 0 saturated carbocycles. The molecule has 0 fully saturated rings. The first-order valence-electron chi connectivity index (χ1n) is 7.36. The minimum absolute atomic E-state index is 0.0480. The van der Waals surface area contributed by atoms with Gasteiger partial charge < -0.3 is 27.8 Å². The molecule has 114 valence electrons. The lowest BCUT2D eigenvalue weighted by Crippen LogP contribution is -2.41. The smallest absolute Gasteiger partial charge is 0.236 e. The van der Waals surface area contributed by atoms with Gasteiger partial charge in [-0.2, -0.15) is 0 Å². The second-order valence-electron chi connectivity index (χ2n) is 4.78. The quantitative estimate of drug-likeness (QED) is 0.284. The molecule has 0 rings (SSSR count). The predicted molar refractivity (Wildman–Crippen MR) is 79.7 cm³/mol. The lowest BCUT2D eigenvalue weighted by molar-refractivity contribution is -0.122. The van der Waals surface area contributed by atoms with Gasteiger partial charge in [-0.25, -0.2) is 0 Å². The summed E-state index contributed by atoms with van der Waals surface area (Å²) in [6.45, 7) is 4.02. The minimum atomic E-state index is -0.394. The highest BCUT2D eigenvalue weighted by molar-refractivity contribution is 5.81. The molecule has 0 saturated heterocycles. The molecule has 0 spiro atoms. The summed E-state index contributed by atoms with van der Waals surface area (Å²) in [5.74, 6) is -0.0480. The highest BCUT2D eigenvalue weighted by atomic mass is 16.2. The number of hydrogen-bond acceptors (Lipinski definition) is 5. The highest BCUT2D eigenvalue weighted by Gasteiger charge is 2.11. The Balaban J connectivity index is 3.32. The largest absolute Gasteiger partial charge is 0.355 e. The van der Waals surface area contributed by atoms with E-state index in [1.165, 1.54) is 0 Å². The van der Waals surface area contributed by atoms with E-state index in [2.05, 4.69) is 10.6 Å². The van der Waals surface area contributed by atoms with Crippen LogP contribution in [0.1, 0.15) is 38.5 Å². The first-order valence-corrected chi connectivity index (χ1v) is 7.36. The Bertz CT molecular complexity index is 213. The van der Waals surface area contributed by atoms with Crippen LogP contribution in [0.15, 0.2) is 0 Å². The van der Waals surface area contributed by atoms with Crippen molar-refractivity contribution in [2.45, 2.75) is 44.6 Å². The molecule has 6 nitrogen and oxygen atoms in total. The standard InChI is InChI=1S/C13H31N5O/c14-7-2-1-6-12(16)13(19)18-11-4-3-9-17-10-5-8-15/h12,17H,1-11,14-16H2,(H,18,19)/t12-/m1/s1. The van der Waals surface area contributed by atoms with Crippen LogP contribution in [0.2, 0.25) is 0 Å². The van der Waals surface area contributed by atoms with Crippen LogP contribution in [0.5, 0.6) is 0 Å². The van der Waals surface area contributed by atoms with Crippen LogP contribution in [-0.4, -0.2) is 44.7 Å². The van der Waals surface area contributed by atoms with Gasteiger partial charge in [0.1, 0.15) is 0 Å². The van der Waals surface area contributed by atoms with Crippen molar-refractivity contribution in [1.82, 2.24) is 10.6 Å². The van der Waals surface area contributed by atoms with Gasteiger partial charge in [0.25, 0.3) is 0 Å². The van der Waals surface area contributed by atoms with Crippen LogP contribution in [0.4, 0.5) is 0 Å². The average Bonchev–Trinajstić information content (AvgIpc) is 2.41. The third kappa shape index (κ3) is 12.1. The fourth-order valence-corrected chi connectivity index (χ4v) is 1.71. The average molecular weight is 273 g/mol. The summed E-state index contributed by atoms with van der Waals surface area (Å²) in [6, 6.07) is -0.394. The molecule has 6 heteroatoms. The monoisotopic (exact) mass is 273 g/mol. The van der Waals surface area contributed by atoms with E-state index in [0.29, 0.717) is 19.5 Å². The Morgan fingerprint density at radius 3 is 2.21 bits per heavy atom. The maximum absolute atomic E-state index is 11.6. The van der Waals surface area contributed by atoms with E-state index < -0.39 is 6.04 Å². The second kappa shape index (κ2) is 13.7. The Morgan fingerprint density at radius 2 is 1.53 bits per heavy atom. The van der Waals surface area contributed by atoms with Crippen LogP contribution >= 0.6 is 0 Å². The van der Waals surface area contributed by atoms with Crippen LogP contribution in [0.3, 0.4) is 0 Å². The molecule has 0 aliphatic rings. The number of unbranched alkanes of at least 4 members (excludes halogenated alkanes) is 2. The van der Waals surface area contributed by atoms with E-state index in [-0.39, 0.29) is 5.91 Å². The van der Waals surface area contributed by atoms with E-state index in [1.807, 2.05) is 0 Å². The molecule has 8 N–H and O–H groups in total. The first kappa shape index (κ1) is 18.3. The van der Waals surface area contributed by atoms with Gasteiger partial charge in [0.05, 0.1) is 6.04 Å². The molecule has 0 aromatic heterocycles. The zero-order valence-corrected chi connectivity index (χ0v) is 12.0. The summed E-state index contributed by atoms with van der Waals surface area (Å²) >= 11 is 0. The van der Waals surface area contributed by atoms with Crippen molar-refractivity contribution in [2.75, 3.05) is 32.7 Å². The van der Waals surface area contributed by atoms with E-state index in [4.69, 9.17) is 17.2 Å². The van der Waals surface area contributed by atoms with Gasteiger partial charge in [0, 0.05) is 6.54 Å². The number of rotatable bonds is 13. The maximum atomic E-state index is 11.6. The van der Waals surface area contributed by atoms with Gasteiger partial charge >= 0.3 is 0 Å². The number of carbonyl (C=O) groups is 1. The fraction of sp³-hybridized carbons (Fsp3) is 0.923. The summed E-state index contributed by atoms with van der Waals surface area (Å²) in [5.41, 5.74) is 16.6. The Kier molecular flexibility index (Phi) is 13.2. The van der Waals surface area contributed by atoms with Gasteiger partial charge in [0.15, 0.2) is 0 Å². The summed E-state index contributed by atoms with van der Waals surface area (Å²) in [6.07, 6.45) is 5.58. The molecule has 0 bridgehead atoms. The number of hydrogen-bond donors (Lipinski definition) is 5. The zero-order chi connectivity index (χ0) is 14.3. The molecular formula is C13H31N5O. The number of carbonyl (C=O) groups excluding carboxylic acids is 1. The zero-order valence-electron chi connectivity index (χ0n) is 12.0. The molecule has 1 amide bonds. The Morgan fingerprint density at radius 1 is 0.895 bits per heavy atom. The first-order chi connectivity index (χ1) is 9.22. The molecule has 19 heavy (non-hydrogen) atoms. The predicted octanol–water partition coefficient (Wildman–Crippen LogP) is -0.722. The van der Waals surface area contributed by atoms with Gasteiger partial charge in [-0.15, -0.1) is 0 Å². The van der Waals surface area contributed by atoms with Gasteiger partial charge in [-0.3, -0.25) is 4.79 Å². The highest BCUT2D eigenvalue weighted by Crippen LogP contribution is 1.98. The van der Waals surface area contributed by atoms with Gasteiger partial charge in [0.2, 0.25) is 5.91 Å². The number of nitrogens with two attached hydrogens (primary N) is 3. The van der Waals surface area contributed by atoms with Gasteiger partial charge in [-0.05, 0) is 58.3 Å². The van der Waals surface area contributed by atoms with Crippen LogP contribution in [0, 0.1) is 0 Å². The van der Waals surface area contributed by atoms with E-state index in [9.17, 15) is 4.79 Å². The van der Waals surface area contributed by atoms with Crippen molar-refractivity contribution in [1.29, 1.82) is 0 Å². The molecule has 0 aromatic carbocycles. The summed E-state index contributed by atoms with van der Waals surface area (Å²) in [4.78, 5) is 11.6. The second-order valence-corrected chi connectivity index (χ2v) is 4.78. The summed E-state index contributed by atoms with van der Waals surface area (Å²) in [7, 11) is 0. The van der Waals surface area contributed by atoms with Crippen LogP contribution in [0.25, 0.3) is 0 Å². The third-order valence-electron chi connectivity index (χ3n) is 2.94. The molecular weight excluding hydrogens is 242 g/mol. The van der Waals surface area contributed by atoms with E-state index in [0.717, 1.165) is 51.7 Å². The fourth-order valence-electron chi connectivity index (χ4n) is 1.71. The van der Waals surface area contributed by atoms with Crippen molar-refractivity contribution < 1.29 is 4.79 Å². The number of nitrogens with one attached hydrogen (secondary N) is 2. The number of amides is 1. The van der Waals surface area contributed by atoms with Crippen molar-refractivity contribution in [3.8, 4) is 0 Å². The van der Waals surface area contributed by atoms with Crippen molar-refractivity contribution >= 4 is 5.91 Å². The molecule has 0 radical (unpaired) electrons. The van der Waals surface area contributed by atoms with Crippen LogP contribution in [-0.2, 0) is 4.79 Å². The van der Waals surface area contributed by atoms with Crippen molar-refractivity contribution in [3.63, 3.8) is 0 Å². The summed E-state index contributed by atoms with van der Waals surface area (Å²) < 4.78 is 0. The molecule has 1 atom stereocenters. The van der Waals surface area contributed by atoms with Crippen molar-refractivity contribution in [2.24, 2.45) is 17.2 Å². The summed E-state index contributed by atoms with van der Waals surface area (Å²) in [5, 5.41) is 6.17. The maximum Gasteiger partial charge on any atom is 0.236 e. The molecule has 0 aromatic rings. The normalized spacial score (nSPS) is 12.4. The lowest BCUT2D eigenvalue weighted by Gasteiger charge is -2.12. The molecule has 0 aliphatic carbocycles. The lowest BCUT2D eigenvalue weighted by atomic mass is 10.1. The van der Waals surface area contributed by atoms with Crippen molar-refractivity contribution in [3.05, 3.63) is 0 Å². The van der Waals surface area contributed by atoms with Crippen LogP contribution < -0.4 is 27.8 Å². The molecule has 0 unspecified atom stereocenters. The third-order valence-corrected chi connectivity index (χ3v) is 2.94. The van der Waals surface area contributed by atoms with Gasteiger partial charge in [-0.1, -0.05) is 6.42 Å². The minimum Gasteiger partial charge on any atom is -0.355 e. The Hall–Kier alpha value is -0.690. The SMILES string of the molecule is NCCCC[C@@H](N)C(=O)NCCCCNCCCN.